The highest BCUT2D eigenvalue weighted by Crippen LogP contribution is 2.33. The molecular formula is C26H37N3O4. The van der Waals surface area contributed by atoms with Crippen molar-refractivity contribution >= 4 is 23.2 Å². The summed E-state index contributed by atoms with van der Waals surface area (Å²) in [5.41, 5.74) is 8.61. The number of primary amides is 1. The average Bonchev–Trinajstić information content (AvgIpc) is 2.77. The fourth-order valence-corrected chi connectivity index (χ4v) is 4.12. The highest BCUT2D eigenvalue weighted by Gasteiger charge is 2.25. The zero-order valence-corrected chi connectivity index (χ0v) is 20.4. The Bertz CT molecular complexity index is 955. The van der Waals surface area contributed by atoms with Crippen LogP contribution in [0, 0.1) is 5.92 Å². The molecule has 0 saturated carbocycles. The lowest BCUT2D eigenvalue weighted by Crippen LogP contribution is -2.23. The van der Waals surface area contributed by atoms with Gasteiger partial charge in [-0.25, -0.2) is 0 Å². The Morgan fingerprint density at radius 3 is 2.55 bits per heavy atom. The number of methoxy groups -OCH3 is 1. The first-order valence-electron chi connectivity index (χ1n) is 11.5. The maximum absolute atomic E-state index is 13.2. The van der Waals surface area contributed by atoms with Gasteiger partial charge < -0.3 is 21.0 Å². The summed E-state index contributed by atoms with van der Waals surface area (Å²) < 4.78 is 5.58. The molecule has 1 unspecified atom stereocenters. The van der Waals surface area contributed by atoms with E-state index in [1.807, 2.05) is 12.1 Å². The van der Waals surface area contributed by atoms with E-state index in [-0.39, 0.29) is 23.7 Å². The number of unbranched alkanes of at least 4 members (excludes halogenated alkanes) is 2. The molecule has 7 heteroatoms. The van der Waals surface area contributed by atoms with Crippen molar-refractivity contribution in [3.05, 3.63) is 52.8 Å². The molecule has 2 amide bonds. The second-order valence-corrected chi connectivity index (χ2v) is 9.50. The third kappa shape index (κ3) is 7.20. The quantitative estimate of drug-likeness (QED) is 0.252. The van der Waals surface area contributed by atoms with Crippen molar-refractivity contribution in [2.24, 2.45) is 16.8 Å². The van der Waals surface area contributed by atoms with Gasteiger partial charge in [0.05, 0.1) is 19.2 Å². The van der Waals surface area contributed by atoms with Crippen molar-refractivity contribution in [1.29, 1.82) is 0 Å². The maximum Gasteiger partial charge on any atom is 0.248 e. The monoisotopic (exact) mass is 455 g/mol. The molecule has 7 nitrogen and oxygen atoms in total. The normalized spacial score (nSPS) is 16.1. The number of hydrogen-bond donors (Lipinski definition) is 3. The summed E-state index contributed by atoms with van der Waals surface area (Å²) in [4.78, 5) is 24.9. The molecular weight excluding hydrogens is 418 g/mol. The summed E-state index contributed by atoms with van der Waals surface area (Å²) >= 11 is 0. The highest BCUT2D eigenvalue weighted by molar-refractivity contribution is 5.98. The van der Waals surface area contributed by atoms with Crippen LogP contribution in [0.2, 0.25) is 0 Å². The van der Waals surface area contributed by atoms with Crippen molar-refractivity contribution in [3.8, 4) is 0 Å². The first-order chi connectivity index (χ1) is 15.6. The molecule has 1 aliphatic carbocycles. The van der Waals surface area contributed by atoms with Crippen LogP contribution in [0.15, 0.2) is 46.8 Å². The molecule has 1 aliphatic rings. The predicted molar refractivity (Wildman–Crippen MR) is 132 cm³/mol. The van der Waals surface area contributed by atoms with Crippen molar-refractivity contribution in [1.82, 2.24) is 0 Å². The van der Waals surface area contributed by atoms with Gasteiger partial charge in [-0.1, -0.05) is 64.3 Å². The minimum atomic E-state index is -0.535. The Hall–Kier alpha value is -3.09. The van der Waals surface area contributed by atoms with Crippen LogP contribution in [-0.4, -0.2) is 29.8 Å². The van der Waals surface area contributed by atoms with Gasteiger partial charge in [0.25, 0.3) is 0 Å². The van der Waals surface area contributed by atoms with Gasteiger partial charge in [0.2, 0.25) is 11.8 Å². The molecule has 0 fully saturated rings. The Labute approximate surface area is 196 Å². The van der Waals surface area contributed by atoms with Gasteiger partial charge in [-0.2, -0.15) is 0 Å². The lowest BCUT2D eigenvalue weighted by atomic mass is 9.84. The molecule has 2 rings (SSSR count). The number of ether oxygens (including phenoxy) is 1. The maximum atomic E-state index is 13.2. The largest absolute Gasteiger partial charge is 0.500 e. The van der Waals surface area contributed by atoms with Crippen LogP contribution in [0.1, 0.15) is 82.1 Å². The van der Waals surface area contributed by atoms with E-state index >= 15 is 0 Å². The van der Waals surface area contributed by atoms with Gasteiger partial charge in [0.1, 0.15) is 5.76 Å². The number of nitrogens with two attached hydrogens (primary N) is 1. The molecule has 33 heavy (non-hydrogen) atoms. The van der Waals surface area contributed by atoms with Crippen LogP contribution in [0.5, 0.6) is 0 Å². The highest BCUT2D eigenvalue weighted by atomic mass is 16.5. The van der Waals surface area contributed by atoms with Crippen LogP contribution >= 0.6 is 0 Å². The number of anilines is 1. The Morgan fingerprint density at radius 2 is 1.97 bits per heavy atom. The smallest absolute Gasteiger partial charge is 0.248 e. The second kappa shape index (κ2) is 11.7. The zero-order valence-electron chi connectivity index (χ0n) is 20.4. The molecule has 0 aliphatic heterocycles. The van der Waals surface area contributed by atoms with Crippen molar-refractivity contribution in [2.75, 3.05) is 12.4 Å². The molecule has 180 valence electrons. The molecule has 1 aromatic carbocycles. The lowest BCUT2D eigenvalue weighted by molar-refractivity contribution is -0.116. The molecule has 0 radical (unpaired) electrons. The van der Waals surface area contributed by atoms with Crippen LogP contribution in [-0.2, 0) is 14.9 Å². The molecule has 4 N–H and O–H groups in total. The van der Waals surface area contributed by atoms with E-state index in [4.69, 9.17) is 15.7 Å². The van der Waals surface area contributed by atoms with E-state index in [1.54, 1.807) is 25.3 Å². The van der Waals surface area contributed by atoms with Crippen LogP contribution in [0.4, 0.5) is 5.69 Å². The number of amides is 2. The van der Waals surface area contributed by atoms with Crippen molar-refractivity contribution in [2.45, 2.75) is 71.6 Å². The van der Waals surface area contributed by atoms with Gasteiger partial charge in [-0.15, -0.1) is 0 Å². The van der Waals surface area contributed by atoms with E-state index in [2.05, 4.69) is 38.2 Å². The number of nitrogens with zero attached hydrogens (tertiary/aromatic N) is 1. The van der Waals surface area contributed by atoms with Gasteiger partial charge in [0.15, 0.2) is 0 Å². The van der Waals surface area contributed by atoms with E-state index in [0.29, 0.717) is 29.1 Å². The van der Waals surface area contributed by atoms with E-state index in [1.165, 1.54) is 0 Å². The fraction of sp³-hybridized carbons (Fsp3) is 0.500. The predicted octanol–water partition coefficient (Wildman–Crippen LogP) is 5.30. The summed E-state index contributed by atoms with van der Waals surface area (Å²) in [7, 11) is 1.59. The van der Waals surface area contributed by atoms with Crippen molar-refractivity contribution < 1.29 is 19.5 Å². The molecule has 0 spiro atoms. The van der Waals surface area contributed by atoms with Gasteiger partial charge in [0, 0.05) is 17.7 Å². The van der Waals surface area contributed by atoms with Gasteiger partial charge >= 0.3 is 0 Å². The van der Waals surface area contributed by atoms with E-state index < -0.39 is 5.91 Å². The van der Waals surface area contributed by atoms with Gasteiger partial charge in [-0.05, 0) is 47.1 Å². The molecule has 1 atom stereocenters. The Balaban J connectivity index is 2.32. The number of benzene rings is 1. The topological polar surface area (TPSA) is 114 Å². The van der Waals surface area contributed by atoms with E-state index in [0.717, 1.165) is 36.8 Å². The first kappa shape index (κ1) is 26.2. The summed E-state index contributed by atoms with van der Waals surface area (Å²) in [6.07, 6.45) is 8.30. The SMILES string of the molecule is CCCCCC(CC(=O)Nc1cc(C(N)=O)ccc1C(C)(C)C)C1=C(OC)CC(=NO)C=C1. The number of carbonyl (C=O) groups excluding carboxylic acids is 2. The summed E-state index contributed by atoms with van der Waals surface area (Å²) in [5.74, 6) is -0.000288. The van der Waals surface area contributed by atoms with Crippen LogP contribution in [0.3, 0.4) is 0 Å². The number of oxime groups is 1. The minimum Gasteiger partial charge on any atom is -0.500 e. The minimum absolute atomic E-state index is 0.0413. The van der Waals surface area contributed by atoms with E-state index in [9.17, 15) is 9.59 Å². The average molecular weight is 456 g/mol. The molecule has 0 bridgehead atoms. The number of hydrogen-bond acceptors (Lipinski definition) is 5. The molecule has 0 aromatic heterocycles. The number of rotatable bonds is 10. The number of allylic oxidation sites excluding steroid dienone is 4. The third-order valence-corrected chi connectivity index (χ3v) is 5.91. The second-order valence-electron chi connectivity index (χ2n) is 9.50. The number of carbonyl (C=O) groups is 2. The summed E-state index contributed by atoms with van der Waals surface area (Å²) in [6.45, 7) is 8.31. The molecule has 0 saturated heterocycles. The Morgan fingerprint density at radius 1 is 1.24 bits per heavy atom. The first-order valence-corrected chi connectivity index (χ1v) is 11.5. The zero-order chi connectivity index (χ0) is 24.6. The van der Waals surface area contributed by atoms with Crippen LogP contribution in [0.25, 0.3) is 0 Å². The number of nitrogens with one attached hydrogen (secondary N) is 1. The fourth-order valence-electron chi connectivity index (χ4n) is 4.12. The van der Waals surface area contributed by atoms with Crippen molar-refractivity contribution in [3.63, 3.8) is 0 Å². The lowest BCUT2D eigenvalue weighted by Gasteiger charge is -2.26. The standard InChI is InChI=1S/C26H37N3O4/c1-6-7-8-9-17(20-12-11-19(29-32)16-23(20)33-5)15-24(30)28-22-14-18(25(27)31)10-13-21(22)26(2,3)4/h10-14,17,32H,6-9,15-16H2,1-5H3,(H2,27,31)(H,28,30). The molecule has 1 aromatic rings. The summed E-state index contributed by atoms with van der Waals surface area (Å²) in [5, 5.41) is 15.4. The molecule has 0 heterocycles. The van der Waals surface area contributed by atoms with Gasteiger partial charge in [-0.3, -0.25) is 9.59 Å². The summed E-state index contributed by atoms with van der Waals surface area (Å²) in [6, 6.07) is 5.19. The third-order valence-electron chi connectivity index (χ3n) is 5.91. The Kier molecular flexibility index (Phi) is 9.26. The van der Waals surface area contributed by atoms with Crippen LogP contribution < -0.4 is 11.1 Å².